The molecule has 1 heterocycles. The van der Waals surface area contributed by atoms with Crippen molar-refractivity contribution in [3.05, 3.63) is 29.1 Å². The maximum atomic E-state index is 12.2. The van der Waals surface area contributed by atoms with Crippen molar-refractivity contribution in [2.24, 2.45) is 0 Å². The quantitative estimate of drug-likeness (QED) is 0.739. The van der Waals surface area contributed by atoms with Gasteiger partial charge in [0, 0.05) is 18.0 Å². The van der Waals surface area contributed by atoms with E-state index in [4.69, 9.17) is 5.11 Å². The van der Waals surface area contributed by atoms with Crippen molar-refractivity contribution in [2.45, 2.75) is 20.0 Å². The lowest BCUT2D eigenvalue weighted by molar-refractivity contribution is 0.146. The van der Waals surface area contributed by atoms with Gasteiger partial charge in [-0.15, -0.1) is 0 Å². The van der Waals surface area contributed by atoms with Crippen LogP contribution in [0, 0.1) is 6.92 Å². The molecule has 12 heavy (non-hydrogen) atoms. The molecule has 1 N–H and O–H groups in total. The van der Waals surface area contributed by atoms with Gasteiger partial charge in [-0.1, -0.05) is 0 Å². The van der Waals surface area contributed by atoms with Crippen LogP contribution in [0.15, 0.2) is 12.4 Å². The van der Waals surface area contributed by atoms with E-state index < -0.39 is 6.43 Å². The molecule has 0 aromatic carbocycles. The van der Waals surface area contributed by atoms with Crippen LogP contribution < -0.4 is 0 Å². The van der Waals surface area contributed by atoms with Gasteiger partial charge >= 0.3 is 0 Å². The first-order valence-electron chi connectivity index (χ1n) is 3.49. The summed E-state index contributed by atoms with van der Waals surface area (Å²) in [7, 11) is 0. The van der Waals surface area contributed by atoms with Crippen LogP contribution in [0.4, 0.5) is 8.78 Å². The van der Waals surface area contributed by atoms with E-state index in [0.29, 0.717) is 5.56 Å². The summed E-state index contributed by atoms with van der Waals surface area (Å²) < 4.78 is 24.5. The second-order valence-corrected chi connectivity index (χ2v) is 2.48. The summed E-state index contributed by atoms with van der Waals surface area (Å²) >= 11 is 0. The van der Waals surface area contributed by atoms with Gasteiger partial charge in [0.05, 0.1) is 6.61 Å². The number of hydrogen-bond acceptors (Lipinski definition) is 2. The number of pyridine rings is 1. The summed E-state index contributed by atoms with van der Waals surface area (Å²) in [6, 6.07) is 0. The van der Waals surface area contributed by atoms with Crippen LogP contribution in [-0.2, 0) is 6.61 Å². The Bertz CT molecular complexity index is 276. The lowest BCUT2D eigenvalue weighted by Crippen LogP contribution is -1.98. The topological polar surface area (TPSA) is 33.1 Å². The van der Waals surface area contributed by atoms with E-state index in [0.717, 1.165) is 6.20 Å². The first-order valence-corrected chi connectivity index (χ1v) is 3.49. The number of hydrogen-bond donors (Lipinski definition) is 1. The van der Waals surface area contributed by atoms with E-state index in [1.54, 1.807) is 6.92 Å². The standard InChI is InChI=1S/C8H9F2NO/c1-5-2-11-3-6(8(9)10)7(5)4-12/h2-3,8,12H,4H2,1H3. The molecule has 0 aliphatic rings. The minimum Gasteiger partial charge on any atom is -0.392 e. The molecule has 1 rings (SSSR count). The molecule has 0 amide bonds. The summed E-state index contributed by atoms with van der Waals surface area (Å²) in [5.74, 6) is 0. The van der Waals surface area contributed by atoms with Crippen LogP contribution in [0.2, 0.25) is 0 Å². The Hall–Kier alpha value is -1.03. The second-order valence-electron chi connectivity index (χ2n) is 2.48. The van der Waals surface area contributed by atoms with E-state index in [-0.39, 0.29) is 17.7 Å². The Morgan fingerprint density at radius 2 is 2.17 bits per heavy atom. The minimum atomic E-state index is -2.57. The van der Waals surface area contributed by atoms with Crippen molar-refractivity contribution in [2.75, 3.05) is 0 Å². The lowest BCUT2D eigenvalue weighted by atomic mass is 10.1. The van der Waals surface area contributed by atoms with Gasteiger partial charge in [0.15, 0.2) is 0 Å². The summed E-state index contributed by atoms with van der Waals surface area (Å²) in [6.45, 7) is 1.28. The SMILES string of the molecule is Cc1cncc(C(F)F)c1CO. The molecule has 1 aromatic rings. The normalized spacial score (nSPS) is 10.8. The molecule has 2 nitrogen and oxygen atoms in total. The van der Waals surface area contributed by atoms with E-state index in [1.807, 2.05) is 0 Å². The third-order valence-corrected chi connectivity index (χ3v) is 1.70. The van der Waals surface area contributed by atoms with Crippen molar-refractivity contribution < 1.29 is 13.9 Å². The Morgan fingerprint density at radius 3 is 2.58 bits per heavy atom. The number of aliphatic hydroxyl groups is 1. The highest BCUT2D eigenvalue weighted by molar-refractivity contribution is 5.30. The number of rotatable bonds is 2. The molecule has 0 aliphatic carbocycles. The van der Waals surface area contributed by atoms with Crippen LogP contribution in [0.25, 0.3) is 0 Å². The van der Waals surface area contributed by atoms with Gasteiger partial charge in [0.2, 0.25) is 0 Å². The minimum absolute atomic E-state index is 0.183. The van der Waals surface area contributed by atoms with Gasteiger partial charge in [-0.05, 0) is 18.1 Å². The molecule has 0 atom stereocenters. The van der Waals surface area contributed by atoms with Crippen LogP contribution in [0.3, 0.4) is 0 Å². The average Bonchev–Trinajstić information content (AvgIpc) is 2.03. The Kier molecular flexibility index (Phi) is 2.70. The molecule has 0 fully saturated rings. The highest BCUT2D eigenvalue weighted by Gasteiger charge is 2.13. The molecule has 0 saturated heterocycles. The van der Waals surface area contributed by atoms with E-state index in [1.165, 1.54) is 6.20 Å². The molecule has 0 unspecified atom stereocenters. The van der Waals surface area contributed by atoms with E-state index >= 15 is 0 Å². The van der Waals surface area contributed by atoms with Crippen LogP contribution in [0.5, 0.6) is 0 Å². The van der Waals surface area contributed by atoms with Crippen molar-refractivity contribution in [3.8, 4) is 0 Å². The fourth-order valence-electron chi connectivity index (χ4n) is 1.02. The monoisotopic (exact) mass is 173 g/mol. The number of alkyl halides is 2. The Labute approximate surface area is 68.9 Å². The fourth-order valence-corrected chi connectivity index (χ4v) is 1.02. The number of nitrogens with zero attached hydrogens (tertiary/aromatic N) is 1. The van der Waals surface area contributed by atoms with E-state index in [2.05, 4.69) is 4.98 Å². The van der Waals surface area contributed by atoms with Crippen LogP contribution >= 0.6 is 0 Å². The molecule has 0 saturated carbocycles. The third kappa shape index (κ3) is 1.58. The zero-order valence-electron chi connectivity index (χ0n) is 6.59. The summed E-state index contributed by atoms with van der Waals surface area (Å²) in [6.07, 6.45) is -0.0275. The average molecular weight is 173 g/mol. The zero-order chi connectivity index (χ0) is 9.14. The Balaban J connectivity index is 3.18. The third-order valence-electron chi connectivity index (χ3n) is 1.70. The van der Waals surface area contributed by atoms with Gasteiger partial charge in [-0.3, -0.25) is 4.98 Å². The van der Waals surface area contributed by atoms with Crippen molar-refractivity contribution in [1.82, 2.24) is 4.98 Å². The second kappa shape index (κ2) is 3.58. The molecule has 0 spiro atoms. The predicted octanol–water partition coefficient (Wildman–Crippen LogP) is 1.82. The fraction of sp³-hybridized carbons (Fsp3) is 0.375. The number of halogens is 2. The summed E-state index contributed by atoms with van der Waals surface area (Å²) in [4.78, 5) is 3.62. The maximum Gasteiger partial charge on any atom is 0.265 e. The molecule has 66 valence electrons. The van der Waals surface area contributed by atoms with Gasteiger partial charge in [0.25, 0.3) is 6.43 Å². The van der Waals surface area contributed by atoms with Crippen molar-refractivity contribution >= 4 is 0 Å². The zero-order valence-corrected chi connectivity index (χ0v) is 6.59. The molecule has 1 aromatic heterocycles. The highest BCUT2D eigenvalue weighted by Crippen LogP contribution is 2.23. The lowest BCUT2D eigenvalue weighted by Gasteiger charge is -2.07. The van der Waals surface area contributed by atoms with Crippen LogP contribution in [-0.4, -0.2) is 10.1 Å². The molecular formula is C8H9F2NO. The highest BCUT2D eigenvalue weighted by atomic mass is 19.3. The number of aromatic nitrogens is 1. The maximum absolute atomic E-state index is 12.2. The van der Waals surface area contributed by atoms with Gasteiger partial charge in [0.1, 0.15) is 0 Å². The number of aryl methyl sites for hydroxylation is 1. The first kappa shape index (κ1) is 9.06. The van der Waals surface area contributed by atoms with Gasteiger partial charge < -0.3 is 5.11 Å². The summed E-state index contributed by atoms with van der Waals surface area (Å²) in [5.41, 5.74) is 0.688. The van der Waals surface area contributed by atoms with E-state index in [9.17, 15) is 8.78 Å². The van der Waals surface area contributed by atoms with Crippen molar-refractivity contribution in [3.63, 3.8) is 0 Å². The molecule has 0 bridgehead atoms. The summed E-state index contributed by atoms with van der Waals surface area (Å²) in [5, 5.41) is 8.79. The largest absolute Gasteiger partial charge is 0.392 e. The van der Waals surface area contributed by atoms with Crippen molar-refractivity contribution in [1.29, 1.82) is 0 Å². The molecule has 0 aliphatic heterocycles. The first-order chi connectivity index (χ1) is 5.66. The smallest absolute Gasteiger partial charge is 0.265 e. The van der Waals surface area contributed by atoms with Gasteiger partial charge in [-0.2, -0.15) is 0 Å². The predicted molar refractivity (Wildman–Crippen MR) is 39.9 cm³/mol. The molecule has 0 radical (unpaired) electrons. The van der Waals surface area contributed by atoms with Crippen LogP contribution in [0.1, 0.15) is 23.1 Å². The number of aliphatic hydroxyl groups excluding tert-OH is 1. The Morgan fingerprint density at radius 1 is 1.50 bits per heavy atom. The molecular weight excluding hydrogens is 164 g/mol. The van der Waals surface area contributed by atoms with Gasteiger partial charge in [-0.25, -0.2) is 8.78 Å². The molecule has 4 heteroatoms.